The van der Waals surface area contributed by atoms with Crippen molar-refractivity contribution in [1.29, 1.82) is 0 Å². The first-order valence-corrected chi connectivity index (χ1v) is 6.05. The summed E-state index contributed by atoms with van der Waals surface area (Å²) in [7, 11) is 0. The molecule has 0 aliphatic rings. The molecule has 0 radical (unpaired) electrons. The van der Waals surface area contributed by atoms with Crippen molar-refractivity contribution in [2.75, 3.05) is 0 Å². The number of allylic oxidation sites excluding steroid dienone is 10. The molecule has 0 nitrogen and oxygen atoms in total. The largest absolute Gasteiger partial charge is 0.0876 e. The van der Waals surface area contributed by atoms with Gasteiger partial charge >= 0.3 is 0 Å². The van der Waals surface area contributed by atoms with Gasteiger partial charge in [0, 0.05) is 0 Å². The van der Waals surface area contributed by atoms with Crippen molar-refractivity contribution >= 4 is 0 Å². The van der Waals surface area contributed by atoms with E-state index in [-0.39, 0.29) is 7.43 Å². The summed E-state index contributed by atoms with van der Waals surface area (Å²) in [5.74, 6) is 0. The van der Waals surface area contributed by atoms with Crippen LogP contribution in [0.5, 0.6) is 0 Å². The van der Waals surface area contributed by atoms with Gasteiger partial charge in [-0.25, -0.2) is 0 Å². The molecule has 0 rings (SSSR count). The maximum Gasteiger partial charge on any atom is -0.0191 e. The predicted octanol–water partition coefficient (Wildman–Crippen LogP) is 6.25. The molecule has 0 aliphatic heterocycles. The molecule has 0 bridgehead atoms. The predicted molar refractivity (Wildman–Crippen MR) is 84.4 cm³/mol. The molecule has 0 fully saturated rings. The molecule has 0 saturated heterocycles. The molecular weight excluding hydrogens is 204 g/mol. The molecule has 0 aromatic heterocycles. The summed E-state index contributed by atoms with van der Waals surface area (Å²) < 4.78 is 0. The van der Waals surface area contributed by atoms with Crippen LogP contribution in [0.1, 0.15) is 49.0 Å². The Balaban J connectivity index is -0.000000616. The third-order valence-electron chi connectivity index (χ3n) is 1.81. The molecule has 0 amide bonds. The molecule has 0 saturated carbocycles. The molecule has 0 aromatic rings. The summed E-state index contributed by atoms with van der Waals surface area (Å²) in [5.41, 5.74) is 2.50. The maximum absolute atomic E-state index is 2.12. The lowest BCUT2D eigenvalue weighted by atomic mass is 10.0. The van der Waals surface area contributed by atoms with Gasteiger partial charge in [-0.2, -0.15) is 0 Å². The van der Waals surface area contributed by atoms with Gasteiger partial charge in [0.2, 0.25) is 0 Å². The molecule has 0 heterocycles. The Kier molecular flexibility index (Phi) is 21.2. The molecular formula is C17H30. The summed E-state index contributed by atoms with van der Waals surface area (Å²) in [5, 5.41) is 0. The van der Waals surface area contributed by atoms with E-state index in [1.807, 2.05) is 40.7 Å². The van der Waals surface area contributed by atoms with Gasteiger partial charge in [-0.05, 0) is 38.8 Å². The quantitative estimate of drug-likeness (QED) is 0.504. The smallest absolute Gasteiger partial charge is 0.0191 e. The van der Waals surface area contributed by atoms with Crippen LogP contribution in [0.15, 0.2) is 59.8 Å². The Morgan fingerprint density at radius 2 is 1.18 bits per heavy atom. The van der Waals surface area contributed by atoms with Crippen LogP contribution in [0.2, 0.25) is 0 Å². The fourth-order valence-corrected chi connectivity index (χ4v) is 1.17. The average Bonchev–Trinajstić information content (AvgIpc) is 2.34. The van der Waals surface area contributed by atoms with Crippen molar-refractivity contribution in [3.63, 3.8) is 0 Å². The lowest BCUT2D eigenvalue weighted by molar-refractivity contribution is 1.47. The molecule has 0 aliphatic carbocycles. The first-order valence-electron chi connectivity index (χ1n) is 6.05. The summed E-state index contributed by atoms with van der Waals surface area (Å²) in [4.78, 5) is 0. The number of hydrogen-bond donors (Lipinski definition) is 0. The molecule has 17 heavy (non-hydrogen) atoms. The lowest BCUT2D eigenvalue weighted by Crippen LogP contribution is -1.81. The highest BCUT2D eigenvalue weighted by Gasteiger charge is 1.94. The second-order valence-corrected chi connectivity index (χ2v) is 2.89. The van der Waals surface area contributed by atoms with E-state index >= 15 is 0 Å². The third kappa shape index (κ3) is 11.0. The first-order chi connectivity index (χ1) is 7.79. The second-order valence-electron chi connectivity index (χ2n) is 2.89. The summed E-state index contributed by atoms with van der Waals surface area (Å²) in [6.45, 7) is 12.1. The van der Waals surface area contributed by atoms with E-state index < -0.39 is 0 Å². The van der Waals surface area contributed by atoms with Gasteiger partial charge in [-0.1, -0.05) is 69.9 Å². The fourth-order valence-electron chi connectivity index (χ4n) is 1.17. The molecule has 0 spiro atoms. The number of hydrogen-bond acceptors (Lipinski definition) is 0. The van der Waals surface area contributed by atoms with Crippen LogP contribution in [0.25, 0.3) is 0 Å². The minimum atomic E-state index is 0. The van der Waals surface area contributed by atoms with Crippen LogP contribution in [0.3, 0.4) is 0 Å². The van der Waals surface area contributed by atoms with E-state index in [1.54, 1.807) is 0 Å². The van der Waals surface area contributed by atoms with E-state index in [1.165, 1.54) is 11.1 Å². The van der Waals surface area contributed by atoms with Crippen LogP contribution in [-0.2, 0) is 0 Å². The lowest BCUT2D eigenvalue weighted by Gasteiger charge is -2.01. The van der Waals surface area contributed by atoms with Crippen LogP contribution in [-0.4, -0.2) is 0 Å². The molecule has 0 N–H and O–H groups in total. The van der Waals surface area contributed by atoms with Crippen molar-refractivity contribution in [1.82, 2.24) is 0 Å². The first kappa shape index (κ1) is 21.0. The van der Waals surface area contributed by atoms with Crippen LogP contribution >= 0.6 is 0 Å². The standard InChI is InChI=1S/C14H20.C2H6.CH4/c1-5-9-12-14(11-7-3)13(8-4)10-6-2;1-2;/h5-12H,1-4H3;1-2H3;1H4/b9-5-,10-6-,11-7-,13-8+,14-12+;;. The van der Waals surface area contributed by atoms with Crippen molar-refractivity contribution in [3.05, 3.63) is 59.8 Å². The van der Waals surface area contributed by atoms with Gasteiger partial charge in [0.1, 0.15) is 0 Å². The maximum atomic E-state index is 2.12. The Morgan fingerprint density at radius 1 is 0.706 bits per heavy atom. The fraction of sp³-hybridized carbons (Fsp3) is 0.412. The van der Waals surface area contributed by atoms with Crippen molar-refractivity contribution in [3.8, 4) is 0 Å². The summed E-state index contributed by atoms with van der Waals surface area (Å²) >= 11 is 0. The van der Waals surface area contributed by atoms with Crippen LogP contribution < -0.4 is 0 Å². The SMILES string of the molecule is C.CC.C\C=C/C=C(\C=C/C)C(/C=C\C)=C/C. The second kappa shape index (κ2) is 17.1. The normalized spacial score (nSPS) is 12.8. The van der Waals surface area contributed by atoms with Gasteiger partial charge in [0.15, 0.2) is 0 Å². The van der Waals surface area contributed by atoms with Gasteiger partial charge in [-0.15, -0.1) is 0 Å². The van der Waals surface area contributed by atoms with Crippen molar-refractivity contribution in [2.24, 2.45) is 0 Å². The highest BCUT2D eigenvalue weighted by atomic mass is 14.0. The Bertz CT molecular complexity index is 283. The summed E-state index contributed by atoms with van der Waals surface area (Å²) in [6.07, 6.45) is 16.7. The molecule has 0 aromatic carbocycles. The monoisotopic (exact) mass is 234 g/mol. The van der Waals surface area contributed by atoms with Crippen LogP contribution in [0.4, 0.5) is 0 Å². The van der Waals surface area contributed by atoms with E-state index in [0.29, 0.717) is 0 Å². The molecule has 0 heteroatoms. The van der Waals surface area contributed by atoms with E-state index in [2.05, 4.69) is 49.5 Å². The van der Waals surface area contributed by atoms with Crippen molar-refractivity contribution in [2.45, 2.75) is 49.0 Å². The third-order valence-corrected chi connectivity index (χ3v) is 1.81. The number of rotatable bonds is 4. The zero-order valence-corrected chi connectivity index (χ0v) is 11.6. The molecule has 98 valence electrons. The zero-order valence-electron chi connectivity index (χ0n) is 11.6. The van der Waals surface area contributed by atoms with Gasteiger partial charge in [-0.3, -0.25) is 0 Å². The zero-order chi connectivity index (χ0) is 12.8. The Labute approximate surface area is 109 Å². The average molecular weight is 234 g/mol. The topological polar surface area (TPSA) is 0 Å². The Morgan fingerprint density at radius 3 is 1.53 bits per heavy atom. The van der Waals surface area contributed by atoms with E-state index in [9.17, 15) is 0 Å². The highest BCUT2D eigenvalue weighted by Crippen LogP contribution is 2.13. The van der Waals surface area contributed by atoms with Crippen LogP contribution in [0, 0.1) is 0 Å². The molecule has 0 unspecified atom stereocenters. The summed E-state index contributed by atoms with van der Waals surface area (Å²) in [6, 6.07) is 0. The minimum Gasteiger partial charge on any atom is -0.0876 e. The highest BCUT2D eigenvalue weighted by molar-refractivity contribution is 5.47. The van der Waals surface area contributed by atoms with E-state index in [0.717, 1.165) is 0 Å². The molecule has 0 atom stereocenters. The van der Waals surface area contributed by atoms with Gasteiger partial charge in [0.05, 0.1) is 0 Å². The Hall–Kier alpha value is -1.30. The minimum absolute atomic E-state index is 0. The van der Waals surface area contributed by atoms with E-state index in [4.69, 9.17) is 0 Å². The van der Waals surface area contributed by atoms with Gasteiger partial charge in [0.25, 0.3) is 0 Å². The van der Waals surface area contributed by atoms with Crippen molar-refractivity contribution < 1.29 is 0 Å². The van der Waals surface area contributed by atoms with Gasteiger partial charge < -0.3 is 0 Å².